The number of imide groups is 1. The molecule has 5 nitrogen and oxygen atoms in total. The van der Waals surface area contributed by atoms with E-state index in [1.165, 1.54) is 7.05 Å². The van der Waals surface area contributed by atoms with Gasteiger partial charge in [0.2, 0.25) is 0 Å². The Bertz CT molecular complexity index is 511. The largest absolute Gasteiger partial charge is 0.423 e. The number of carbonyl (C=O) groups excluding carboxylic acids is 2. The molecule has 6 heteroatoms. The quantitative estimate of drug-likeness (QED) is 0.587. The van der Waals surface area contributed by atoms with Crippen molar-refractivity contribution >= 4 is 26.3 Å². The highest BCUT2D eigenvalue weighted by atomic mass is 28.3. The number of hydrogen-bond donors (Lipinski definition) is 0. The van der Waals surface area contributed by atoms with Crippen LogP contribution in [0.3, 0.4) is 0 Å². The third-order valence-electron chi connectivity index (χ3n) is 2.88. The van der Waals surface area contributed by atoms with Crippen LogP contribution in [0.4, 0.5) is 0 Å². The SMILES string of the molecule is CCO[Si](OCC)c1ccc2c(c1)C(=O)N(C)C2=O. The van der Waals surface area contributed by atoms with Gasteiger partial charge in [-0.25, -0.2) is 0 Å². The normalized spacial score (nSPS) is 14.4. The van der Waals surface area contributed by atoms with Gasteiger partial charge in [0.15, 0.2) is 0 Å². The average molecular weight is 278 g/mol. The van der Waals surface area contributed by atoms with Gasteiger partial charge in [0.05, 0.1) is 11.1 Å². The molecule has 2 amide bonds. The molecule has 1 heterocycles. The fourth-order valence-corrected chi connectivity index (χ4v) is 3.38. The molecule has 0 atom stereocenters. The van der Waals surface area contributed by atoms with Crippen molar-refractivity contribution in [3.05, 3.63) is 29.3 Å². The second kappa shape index (κ2) is 5.64. The molecule has 1 aliphatic heterocycles. The van der Waals surface area contributed by atoms with E-state index in [1.54, 1.807) is 12.1 Å². The summed E-state index contributed by atoms with van der Waals surface area (Å²) in [4.78, 5) is 24.8. The van der Waals surface area contributed by atoms with Crippen LogP contribution < -0.4 is 5.19 Å². The number of hydrogen-bond acceptors (Lipinski definition) is 4. The van der Waals surface area contributed by atoms with Crippen molar-refractivity contribution in [3.63, 3.8) is 0 Å². The van der Waals surface area contributed by atoms with E-state index in [-0.39, 0.29) is 11.8 Å². The van der Waals surface area contributed by atoms with E-state index >= 15 is 0 Å². The number of nitrogens with zero attached hydrogens (tertiary/aromatic N) is 1. The third-order valence-corrected chi connectivity index (χ3v) is 4.76. The molecule has 1 radical (unpaired) electrons. The molecule has 0 fully saturated rings. The van der Waals surface area contributed by atoms with Crippen molar-refractivity contribution in [2.75, 3.05) is 20.3 Å². The Morgan fingerprint density at radius 3 is 2.21 bits per heavy atom. The molecule has 1 aromatic rings. The van der Waals surface area contributed by atoms with Gasteiger partial charge in [-0.05, 0) is 31.2 Å². The summed E-state index contributed by atoms with van der Waals surface area (Å²) < 4.78 is 11.2. The fraction of sp³-hybridized carbons (Fsp3) is 0.385. The molecule has 0 bridgehead atoms. The van der Waals surface area contributed by atoms with Crippen LogP contribution in [0.1, 0.15) is 34.6 Å². The molecule has 0 saturated carbocycles. The number of carbonyl (C=O) groups is 2. The summed E-state index contributed by atoms with van der Waals surface area (Å²) in [5.74, 6) is -0.524. The highest BCUT2D eigenvalue weighted by Gasteiger charge is 2.34. The van der Waals surface area contributed by atoms with Crippen molar-refractivity contribution in [2.24, 2.45) is 0 Å². The van der Waals surface area contributed by atoms with Crippen LogP contribution in [0.5, 0.6) is 0 Å². The Hall–Kier alpha value is -1.50. The molecule has 19 heavy (non-hydrogen) atoms. The van der Waals surface area contributed by atoms with E-state index in [0.29, 0.717) is 24.3 Å². The lowest BCUT2D eigenvalue weighted by atomic mass is 10.1. The van der Waals surface area contributed by atoms with Gasteiger partial charge in [0.25, 0.3) is 11.8 Å². The Morgan fingerprint density at radius 2 is 1.63 bits per heavy atom. The zero-order valence-corrected chi connectivity index (χ0v) is 12.2. The molecule has 0 N–H and O–H groups in total. The topological polar surface area (TPSA) is 55.8 Å². The monoisotopic (exact) mass is 278 g/mol. The molecule has 0 saturated heterocycles. The smallest absolute Gasteiger partial charge is 0.390 e. The molecular weight excluding hydrogens is 262 g/mol. The predicted molar refractivity (Wildman–Crippen MR) is 71.5 cm³/mol. The van der Waals surface area contributed by atoms with Gasteiger partial charge in [-0.3, -0.25) is 14.5 Å². The first kappa shape index (κ1) is 13.9. The van der Waals surface area contributed by atoms with Gasteiger partial charge >= 0.3 is 9.28 Å². The van der Waals surface area contributed by atoms with Crippen LogP contribution in [0.2, 0.25) is 0 Å². The Kier molecular flexibility index (Phi) is 4.13. The number of amides is 2. The zero-order chi connectivity index (χ0) is 14.0. The summed E-state index contributed by atoms with van der Waals surface area (Å²) in [7, 11) is -0.0971. The summed E-state index contributed by atoms with van der Waals surface area (Å²) in [5.41, 5.74) is 0.887. The minimum absolute atomic E-state index is 0.256. The van der Waals surface area contributed by atoms with Crippen LogP contribution in [0.15, 0.2) is 18.2 Å². The van der Waals surface area contributed by atoms with Crippen LogP contribution >= 0.6 is 0 Å². The lowest BCUT2D eigenvalue weighted by Crippen LogP contribution is -2.37. The van der Waals surface area contributed by atoms with Gasteiger partial charge in [-0.15, -0.1) is 0 Å². The highest BCUT2D eigenvalue weighted by Crippen LogP contribution is 2.20. The predicted octanol–water partition coefficient (Wildman–Crippen LogP) is 0.681. The summed E-state index contributed by atoms with van der Waals surface area (Å²) in [6, 6.07) is 5.21. The molecule has 1 aromatic carbocycles. The van der Waals surface area contributed by atoms with Gasteiger partial charge in [-0.1, -0.05) is 6.07 Å². The van der Waals surface area contributed by atoms with Crippen LogP contribution in [0, 0.1) is 0 Å². The van der Waals surface area contributed by atoms with Gasteiger partial charge in [0.1, 0.15) is 0 Å². The van der Waals surface area contributed by atoms with Gasteiger partial charge in [-0.2, -0.15) is 0 Å². The Labute approximate surface area is 114 Å². The lowest BCUT2D eigenvalue weighted by molar-refractivity contribution is 0.0693. The lowest BCUT2D eigenvalue weighted by Gasteiger charge is -2.13. The Morgan fingerprint density at radius 1 is 1.05 bits per heavy atom. The number of fused-ring (bicyclic) bond motifs is 1. The highest BCUT2D eigenvalue weighted by molar-refractivity contribution is 6.61. The number of rotatable bonds is 5. The maximum atomic E-state index is 11.9. The summed E-state index contributed by atoms with van der Waals surface area (Å²) >= 11 is 0. The number of benzene rings is 1. The third kappa shape index (κ3) is 2.47. The summed E-state index contributed by atoms with van der Waals surface area (Å²) in [6.07, 6.45) is 0. The van der Waals surface area contributed by atoms with Crippen LogP contribution in [0.25, 0.3) is 0 Å². The van der Waals surface area contributed by atoms with Crippen molar-refractivity contribution in [1.82, 2.24) is 4.90 Å². The minimum Gasteiger partial charge on any atom is -0.390 e. The van der Waals surface area contributed by atoms with E-state index in [2.05, 4.69) is 0 Å². The molecule has 0 spiro atoms. The molecular formula is C13H16NO4Si. The Balaban J connectivity index is 2.36. The van der Waals surface area contributed by atoms with E-state index in [1.807, 2.05) is 19.9 Å². The van der Waals surface area contributed by atoms with E-state index in [9.17, 15) is 9.59 Å². The first-order chi connectivity index (χ1) is 9.10. The average Bonchev–Trinajstić information content (AvgIpc) is 2.63. The minimum atomic E-state index is -1.58. The first-order valence-electron chi connectivity index (χ1n) is 6.19. The van der Waals surface area contributed by atoms with Crippen LogP contribution in [-0.2, 0) is 8.85 Å². The van der Waals surface area contributed by atoms with Crippen LogP contribution in [-0.4, -0.2) is 46.3 Å². The first-order valence-corrected chi connectivity index (χ1v) is 7.51. The molecule has 0 aliphatic carbocycles. The maximum absolute atomic E-state index is 11.9. The van der Waals surface area contributed by atoms with E-state index in [4.69, 9.17) is 8.85 Å². The zero-order valence-electron chi connectivity index (χ0n) is 11.2. The summed E-state index contributed by atoms with van der Waals surface area (Å²) in [6.45, 7) is 4.91. The van der Waals surface area contributed by atoms with Crippen molar-refractivity contribution in [2.45, 2.75) is 13.8 Å². The van der Waals surface area contributed by atoms with Gasteiger partial charge in [0, 0.05) is 20.3 Å². The van der Waals surface area contributed by atoms with Gasteiger partial charge < -0.3 is 8.85 Å². The van der Waals surface area contributed by atoms with E-state index in [0.717, 1.165) is 10.1 Å². The molecule has 0 aromatic heterocycles. The molecule has 2 rings (SSSR count). The second-order valence-electron chi connectivity index (χ2n) is 4.08. The standard InChI is InChI=1S/C13H16NO4Si/c1-4-17-19(18-5-2)9-6-7-10-11(8-9)13(16)14(3)12(10)15/h6-8H,4-5H2,1-3H3. The molecule has 0 unspecified atom stereocenters. The molecule has 101 valence electrons. The van der Waals surface area contributed by atoms with Crippen molar-refractivity contribution < 1.29 is 18.4 Å². The second-order valence-corrected chi connectivity index (χ2v) is 5.81. The summed E-state index contributed by atoms with van der Waals surface area (Å²) in [5, 5.41) is 0.851. The fourth-order valence-electron chi connectivity index (χ4n) is 1.96. The van der Waals surface area contributed by atoms with Crippen molar-refractivity contribution in [3.8, 4) is 0 Å². The molecule has 1 aliphatic rings. The maximum Gasteiger partial charge on any atom is 0.423 e. The van der Waals surface area contributed by atoms with E-state index < -0.39 is 9.28 Å². The van der Waals surface area contributed by atoms with Crippen molar-refractivity contribution in [1.29, 1.82) is 0 Å².